The van der Waals surface area contributed by atoms with Crippen LogP contribution in [-0.4, -0.2) is 5.43 Å². The third-order valence-electron chi connectivity index (χ3n) is 10.5. The van der Waals surface area contributed by atoms with E-state index in [4.69, 9.17) is 17.0 Å². The van der Waals surface area contributed by atoms with Crippen LogP contribution in [0.25, 0.3) is 64.7 Å². The minimum Gasteiger partial charge on any atom is -0.182 e. The Kier molecular flexibility index (Phi) is 13.7. The van der Waals surface area contributed by atoms with Crippen LogP contribution in [0.15, 0.2) is 97.1 Å². The van der Waals surface area contributed by atoms with Crippen LogP contribution in [-0.2, 0) is 18.0 Å². The first-order valence-electron chi connectivity index (χ1n) is 19.2. The number of aryl methyl sites for hydroxylation is 8. The molecule has 8 rings (SSSR count). The van der Waals surface area contributed by atoms with Gasteiger partial charge in [0.15, 0.2) is 0 Å². The van der Waals surface area contributed by atoms with Crippen molar-refractivity contribution in [2.24, 2.45) is 0 Å². The quantitative estimate of drug-likeness (QED) is 0.122. The van der Waals surface area contributed by atoms with E-state index in [9.17, 15) is 0 Å². The monoisotopic (exact) mass is 904 g/mol. The number of rotatable bonds is 4. The van der Waals surface area contributed by atoms with E-state index < -0.39 is 18.0 Å². The Hall–Kier alpha value is -2.82. The Morgan fingerprint density at radius 1 is 0.482 bits per heavy atom. The molecule has 0 unspecified atom stereocenters. The van der Waals surface area contributed by atoms with Gasteiger partial charge in [0.05, 0.1) is 0 Å². The predicted molar refractivity (Wildman–Crippen MR) is 253 cm³/mol. The smallest absolute Gasteiger partial charge is 0.00658 e. The third-order valence-corrected chi connectivity index (χ3v) is 32.4. The summed E-state index contributed by atoms with van der Waals surface area (Å²) in [6, 6.07) is 36.8. The molecule has 56 heavy (non-hydrogen) atoms. The van der Waals surface area contributed by atoms with Gasteiger partial charge < -0.3 is 0 Å². The number of benzene rings is 4. The van der Waals surface area contributed by atoms with Crippen molar-refractivity contribution in [3.63, 3.8) is 0 Å². The molecule has 0 aliphatic carbocycles. The van der Waals surface area contributed by atoms with Crippen LogP contribution in [0.2, 0.25) is 13.1 Å². The van der Waals surface area contributed by atoms with Gasteiger partial charge in [-0.3, -0.25) is 0 Å². The van der Waals surface area contributed by atoms with Crippen molar-refractivity contribution in [3.8, 4) is 43.1 Å². The predicted octanol–water partition coefficient (Wildman–Crippen LogP) is 17.2. The van der Waals surface area contributed by atoms with Crippen molar-refractivity contribution in [1.29, 1.82) is 0 Å². The van der Waals surface area contributed by atoms with Crippen molar-refractivity contribution in [3.05, 3.63) is 151 Å². The molecule has 6 aromatic carbocycles. The Bertz CT molecular complexity index is 2510. The van der Waals surface area contributed by atoms with Gasteiger partial charge in [0.25, 0.3) is 0 Å². The van der Waals surface area contributed by atoms with Gasteiger partial charge in [-0.1, -0.05) is 105 Å². The molecule has 0 nitrogen and oxygen atoms in total. The SMILES string of the molecule is C[Si](C)=[Zr]([Cl])[Cl].Cc1cc(C)cc(-c2c(C)c(C)cc3[cH-]c(-c4ccc(C)s4)cc23)c1.Cc1cc(C)cc(-c2c(C)c(C)cc3[cH-]c(-c4ccc(C)s4)cc23)c1. The first-order chi connectivity index (χ1) is 26.5. The maximum absolute atomic E-state index is 5.62. The number of fused-ring (bicyclic) bond motifs is 2. The fourth-order valence-electron chi connectivity index (χ4n) is 7.65. The van der Waals surface area contributed by atoms with Crippen LogP contribution >= 0.6 is 39.7 Å². The molecule has 0 atom stereocenters. The zero-order chi connectivity index (χ0) is 40.6. The Morgan fingerprint density at radius 2 is 0.821 bits per heavy atom. The maximum atomic E-state index is 5.62. The maximum Gasteiger partial charge on any atom is -0.00658 e. The molecular weight excluding hydrogens is 855 g/mol. The van der Waals surface area contributed by atoms with Crippen LogP contribution in [0.1, 0.15) is 54.3 Å². The minimum atomic E-state index is -1.65. The molecule has 0 aliphatic heterocycles. The average molecular weight is 907 g/mol. The second-order valence-electron chi connectivity index (χ2n) is 15.7. The summed E-state index contributed by atoms with van der Waals surface area (Å²) in [6.07, 6.45) is 0. The average Bonchev–Trinajstić information content (AvgIpc) is 3.92. The molecule has 0 bridgehead atoms. The first-order valence-corrected chi connectivity index (χ1v) is 33.3. The number of halogens is 2. The van der Waals surface area contributed by atoms with Gasteiger partial charge in [0.1, 0.15) is 0 Å². The van der Waals surface area contributed by atoms with Crippen molar-refractivity contribution in [2.75, 3.05) is 0 Å². The zero-order valence-electron chi connectivity index (χ0n) is 34.8. The molecule has 0 saturated carbocycles. The van der Waals surface area contributed by atoms with Crippen molar-refractivity contribution < 1.29 is 18.0 Å². The Labute approximate surface area is 358 Å². The van der Waals surface area contributed by atoms with Crippen LogP contribution in [0, 0.1) is 69.2 Å². The Morgan fingerprint density at radius 3 is 1.11 bits per heavy atom. The van der Waals surface area contributed by atoms with Gasteiger partial charge in [0.2, 0.25) is 0 Å². The minimum absolute atomic E-state index is 0.224. The molecule has 0 amide bonds. The largest absolute Gasteiger partial charge is 0.182 e. The van der Waals surface area contributed by atoms with E-state index in [1.807, 2.05) is 22.7 Å². The van der Waals surface area contributed by atoms with Gasteiger partial charge in [-0.25, -0.2) is 0 Å². The molecule has 0 spiro atoms. The van der Waals surface area contributed by atoms with Crippen molar-refractivity contribution in [1.82, 2.24) is 0 Å². The van der Waals surface area contributed by atoms with E-state index in [2.05, 4.69) is 179 Å². The normalized spacial score (nSPS) is 11.0. The van der Waals surface area contributed by atoms with Crippen LogP contribution in [0.3, 0.4) is 0 Å². The van der Waals surface area contributed by atoms with Gasteiger partial charge in [-0.05, 0) is 111 Å². The second-order valence-corrected chi connectivity index (χ2v) is 41.3. The topological polar surface area (TPSA) is 0 Å². The van der Waals surface area contributed by atoms with E-state index in [-0.39, 0.29) is 5.43 Å². The van der Waals surface area contributed by atoms with E-state index >= 15 is 0 Å². The molecule has 0 radical (unpaired) electrons. The molecule has 288 valence electrons. The van der Waals surface area contributed by atoms with E-state index in [0.29, 0.717) is 0 Å². The standard InChI is InChI=1S/2C24H23S.C2H6Si.2ClH.Zr/c2*1-14-8-15(2)10-21(9-14)24-18(5)16(3)11-19-12-20(13-22(19)24)23-7-6-17(4)25-23;1-3-2;;;/h2*6-13H,1-5H3;1-2H3;2*1H;/q2*-1;;;;+2/p-2. The summed E-state index contributed by atoms with van der Waals surface area (Å²) in [7, 11) is 11.2. The molecule has 2 aromatic heterocycles. The number of thiophene rings is 2. The van der Waals surface area contributed by atoms with Gasteiger partial charge in [-0.15, -0.1) is 69.1 Å². The summed E-state index contributed by atoms with van der Waals surface area (Å²) in [4.78, 5) is 5.44. The Balaban J connectivity index is 0.000000166. The van der Waals surface area contributed by atoms with Crippen molar-refractivity contribution in [2.45, 2.75) is 82.3 Å². The van der Waals surface area contributed by atoms with Crippen LogP contribution in [0.4, 0.5) is 0 Å². The summed E-state index contributed by atoms with van der Waals surface area (Å²) in [5, 5.41) is 5.43. The van der Waals surface area contributed by atoms with E-state index in [1.54, 1.807) is 0 Å². The fraction of sp³-hybridized carbons (Fsp3) is 0.240. The fourth-order valence-corrected chi connectivity index (χ4v) is 9.36. The van der Waals surface area contributed by atoms with Crippen LogP contribution in [0.5, 0.6) is 0 Å². The number of hydrogen-bond donors (Lipinski definition) is 0. The van der Waals surface area contributed by atoms with E-state index in [0.717, 1.165) is 0 Å². The summed E-state index contributed by atoms with van der Waals surface area (Å²) in [5.74, 6) is 0. The molecule has 8 aromatic rings. The molecule has 0 N–H and O–H groups in total. The van der Waals surface area contributed by atoms with Gasteiger partial charge in [0, 0.05) is 0 Å². The summed E-state index contributed by atoms with van der Waals surface area (Å²) < 4.78 is 0. The molecular formula is C50H52Cl2S2SiZr-2. The molecule has 0 fully saturated rings. The second kappa shape index (κ2) is 18.0. The number of hydrogen-bond acceptors (Lipinski definition) is 2. The van der Waals surface area contributed by atoms with Gasteiger partial charge in [-0.2, -0.15) is 22.7 Å². The van der Waals surface area contributed by atoms with Gasteiger partial charge >= 0.3 is 53.5 Å². The van der Waals surface area contributed by atoms with Crippen LogP contribution < -0.4 is 0 Å². The van der Waals surface area contributed by atoms with Crippen molar-refractivity contribution >= 4 is 66.7 Å². The zero-order valence-corrected chi connectivity index (χ0v) is 41.4. The molecule has 0 aliphatic rings. The molecule has 6 heteroatoms. The third kappa shape index (κ3) is 9.71. The van der Waals surface area contributed by atoms with E-state index in [1.165, 1.54) is 119 Å². The molecule has 2 heterocycles. The summed E-state index contributed by atoms with van der Waals surface area (Å²) in [5.41, 5.74) is 18.7. The summed E-state index contributed by atoms with van der Waals surface area (Å²) >= 11 is 2.09. The summed E-state index contributed by atoms with van der Waals surface area (Å²) in [6.45, 7) is 26.4. The first kappa shape index (κ1) is 42.8. The molecule has 0 saturated heterocycles.